The molecule has 3 nitrogen and oxygen atoms in total. The molecule has 0 aliphatic heterocycles. The van der Waals surface area contributed by atoms with Crippen molar-refractivity contribution in [2.75, 3.05) is 11.9 Å². The van der Waals surface area contributed by atoms with Crippen molar-refractivity contribution in [2.24, 2.45) is 0 Å². The van der Waals surface area contributed by atoms with Gasteiger partial charge in [0.1, 0.15) is 5.69 Å². The van der Waals surface area contributed by atoms with Gasteiger partial charge in [-0.1, -0.05) is 52.0 Å². The van der Waals surface area contributed by atoms with Crippen molar-refractivity contribution < 1.29 is 4.79 Å². The maximum absolute atomic E-state index is 11.5. The summed E-state index contributed by atoms with van der Waals surface area (Å²) in [5, 5.41) is 3.62. The Bertz CT molecular complexity index is 678. The molecule has 0 atom stereocenters. The van der Waals surface area contributed by atoms with E-state index in [2.05, 4.69) is 56.2 Å². The molecule has 3 heteroatoms. The number of carbonyl (C=O) groups is 1. The maximum Gasteiger partial charge on any atom is 0.178 e. The minimum absolute atomic E-state index is 0.0112. The Labute approximate surface area is 145 Å². The smallest absolute Gasteiger partial charge is 0.178 e. The third-order valence-corrected chi connectivity index (χ3v) is 4.22. The highest BCUT2D eigenvalue weighted by Gasteiger charge is 2.13. The topological polar surface area (TPSA) is 42.0 Å². The summed E-state index contributed by atoms with van der Waals surface area (Å²) >= 11 is 0. The van der Waals surface area contributed by atoms with Gasteiger partial charge in [-0.15, -0.1) is 0 Å². The molecule has 2 rings (SSSR count). The Hall–Kier alpha value is -2.16. The van der Waals surface area contributed by atoms with E-state index in [1.807, 2.05) is 12.1 Å². The normalized spacial score (nSPS) is 11.1. The van der Waals surface area contributed by atoms with Crippen molar-refractivity contribution in [3.63, 3.8) is 0 Å². The van der Waals surface area contributed by atoms with E-state index >= 15 is 0 Å². The van der Waals surface area contributed by atoms with Crippen LogP contribution in [0, 0.1) is 0 Å². The molecule has 0 aliphatic carbocycles. The van der Waals surface area contributed by atoms with Gasteiger partial charge >= 0.3 is 0 Å². The Morgan fingerprint density at radius 2 is 1.58 bits per heavy atom. The fraction of sp³-hybridized carbons (Fsp3) is 0.429. The lowest BCUT2D eigenvalue weighted by Crippen LogP contribution is -2.12. The van der Waals surface area contributed by atoms with Crippen molar-refractivity contribution in [3.05, 3.63) is 58.9 Å². The molecule has 0 aliphatic rings. The Morgan fingerprint density at radius 3 is 2.12 bits per heavy atom. The number of pyridine rings is 1. The van der Waals surface area contributed by atoms with Gasteiger partial charge in [0.15, 0.2) is 5.78 Å². The highest BCUT2D eigenvalue weighted by atomic mass is 16.1. The number of Topliss-reactive ketones (excluding diaryl/α,β-unsaturated/α-hetero) is 1. The van der Waals surface area contributed by atoms with Crippen LogP contribution in [-0.4, -0.2) is 17.3 Å². The van der Waals surface area contributed by atoms with Gasteiger partial charge in [0.25, 0.3) is 0 Å². The molecule has 0 amide bonds. The lowest BCUT2D eigenvalue weighted by atomic mass is 9.92. The first-order valence-electron chi connectivity index (χ1n) is 8.73. The van der Waals surface area contributed by atoms with E-state index in [-0.39, 0.29) is 5.78 Å². The van der Waals surface area contributed by atoms with E-state index in [9.17, 15) is 4.79 Å². The van der Waals surface area contributed by atoms with Crippen LogP contribution in [0.25, 0.3) is 0 Å². The molecule has 0 bridgehead atoms. The molecule has 0 fully saturated rings. The van der Waals surface area contributed by atoms with Crippen molar-refractivity contribution in [3.8, 4) is 0 Å². The van der Waals surface area contributed by atoms with Gasteiger partial charge in [-0.3, -0.25) is 4.79 Å². The second kappa shape index (κ2) is 8.09. The molecule has 2 aromatic rings. The number of nitrogens with one attached hydrogen (secondary N) is 1. The quantitative estimate of drug-likeness (QED) is 0.713. The first-order chi connectivity index (χ1) is 11.4. The second-order valence-corrected chi connectivity index (χ2v) is 6.87. The Kier molecular flexibility index (Phi) is 6.13. The summed E-state index contributed by atoms with van der Waals surface area (Å²) in [7, 11) is 0. The summed E-state index contributed by atoms with van der Waals surface area (Å²) in [6.07, 6.45) is 0.797. The van der Waals surface area contributed by atoms with Crippen LogP contribution in [0.1, 0.15) is 73.8 Å². The molecular weight excluding hydrogens is 296 g/mol. The molecule has 1 aromatic heterocycles. The van der Waals surface area contributed by atoms with Gasteiger partial charge in [0.05, 0.1) is 0 Å². The number of ketones is 1. The summed E-state index contributed by atoms with van der Waals surface area (Å²) < 4.78 is 0. The molecule has 0 saturated carbocycles. The van der Waals surface area contributed by atoms with E-state index in [1.54, 1.807) is 13.0 Å². The Morgan fingerprint density at radius 1 is 1.00 bits per heavy atom. The minimum atomic E-state index is 0.0112. The van der Waals surface area contributed by atoms with Crippen molar-refractivity contribution >= 4 is 11.5 Å². The molecule has 24 heavy (non-hydrogen) atoms. The zero-order valence-electron chi connectivity index (χ0n) is 15.4. The number of hydrogen-bond acceptors (Lipinski definition) is 3. The van der Waals surface area contributed by atoms with E-state index in [0.717, 1.165) is 18.7 Å². The molecular formula is C21H28N2O. The average Bonchev–Trinajstić information content (AvgIpc) is 2.54. The van der Waals surface area contributed by atoms with Gasteiger partial charge in [-0.2, -0.15) is 0 Å². The van der Waals surface area contributed by atoms with E-state index in [0.29, 0.717) is 17.5 Å². The predicted octanol–water partition coefficient (Wildman–Crippen LogP) is 5.19. The molecule has 0 saturated heterocycles. The largest absolute Gasteiger partial charge is 0.384 e. The molecule has 1 N–H and O–H groups in total. The SMILES string of the molecule is CC(=O)c1cccc(CCNc2c(C(C)C)cccc2C(C)C)n1. The number of hydrogen-bond donors (Lipinski definition) is 1. The third-order valence-electron chi connectivity index (χ3n) is 4.22. The molecule has 0 unspecified atom stereocenters. The number of carbonyl (C=O) groups excluding carboxylic acids is 1. The van der Waals surface area contributed by atoms with Crippen molar-refractivity contribution in [1.82, 2.24) is 4.98 Å². The molecule has 128 valence electrons. The van der Waals surface area contributed by atoms with E-state index < -0.39 is 0 Å². The van der Waals surface area contributed by atoms with Gasteiger partial charge in [-0.05, 0) is 35.1 Å². The molecule has 0 spiro atoms. The summed E-state index contributed by atoms with van der Waals surface area (Å²) in [6, 6.07) is 12.2. The highest BCUT2D eigenvalue weighted by Crippen LogP contribution is 2.32. The summed E-state index contributed by atoms with van der Waals surface area (Å²) in [5.41, 5.74) is 5.45. The fourth-order valence-electron chi connectivity index (χ4n) is 2.89. The average molecular weight is 324 g/mol. The van der Waals surface area contributed by atoms with Crippen molar-refractivity contribution in [1.29, 1.82) is 0 Å². The van der Waals surface area contributed by atoms with Crippen LogP contribution >= 0.6 is 0 Å². The lowest BCUT2D eigenvalue weighted by molar-refractivity contribution is 0.101. The maximum atomic E-state index is 11.5. The van der Waals surface area contributed by atoms with Crippen LogP contribution in [0.2, 0.25) is 0 Å². The highest BCUT2D eigenvalue weighted by molar-refractivity contribution is 5.92. The number of aromatic nitrogens is 1. The number of para-hydroxylation sites is 1. The van der Waals surface area contributed by atoms with Gasteiger partial charge in [0.2, 0.25) is 0 Å². The van der Waals surface area contributed by atoms with Crippen LogP contribution in [0.5, 0.6) is 0 Å². The molecule has 1 aromatic carbocycles. The number of anilines is 1. The van der Waals surface area contributed by atoms with Crippen LogP contribution in [0.3, 0.4) is 0 Å². The number of benzene rings is 1. The number of nitrogens with zero attached hydrogens (tertiary/aromatic N) is 1. The summed E-state index contributed by atoms with van der Waals surface area (Å²) in [5.74, 6) is 0.966. The van der Waals surface area contributed by atoms with Crippen LogP contribution in [0.15, 0.2) is 36.4 Å². The Balaban J connectivity index is 2.14. The van der Waals surface area contributed by atoms with Crippen LogP contribution < -0.4 is 5.32 Å². The van der Waals surface area contributed by atoms with Gasteiger partial charge < -0.3 is 5.32 Å². The summed E-state index contributed by atoms with van der Waals surface area (Å²) in [4.78, 5) is 15.9. The van der Waals surface area contributed by atoms with Gasteiger partial charge in [0, 0.05) is 31.3 Å². The van der Waals surface area contributed by atoms with E-state index in [1.165, 1.54) is 16.8 Å². The zero-order chi connectivity index (χ0) is 17.7. The van der Waals surface area contributed by atoms with Crippen LogP contribution in [-0.2, 0) is 6.42 Å². The third kappa shape index (κ3) is 4.44. The minimum Gasteiger partial charge on any atom is -0.384 e. The standard InChI is InChI=1S/C21H28N2O/c1-14(2)18-9-7-10-19(15(3)4)21(18)22-13-12-17-8-6-11-20(23-17)16(5)24/h6-11,14-15,22H,12-13H2,1-5H3. The van der Waals surface area contributed by atoms with Gasteiger partial charge in [-0.25, -0.2) is 4.98 Å². The lowest BCUT2D eigenvalue weighted by Gasteiger charge is -2.21. The fourth-order valence-corrected chi connectivity index (χ4v) is 2.89. The van der Waals surface area contributed by atoms with Crippen LogP contribution in [0.4, 0.5) is 5.69 Å². The van der Waals surface area contributed by atoms with Crippen molar-refractivity contribution in [2.45, 2.75) is 52.9 Å². The molecule has 1 heterocycles. The monoisotopic (exact) mass is 324 g/mol. The first kappa shape index (κ1) is 18.2. The predicted molar refractivity (Wildman–Crippen MR) is 101 cm³/mol. The second-order valence-electron chi connectivity index (χ2n) is 6.87. The first-order valence-corrected chi connectivity index (χ1v) is 8.73. The molecule has 0 radical (unpaired) electrons. The summed E-state index contributed by atoms with van der Waals surface area (Å²) in [6.45, 7) is 11.3. The number of rotatable bonds is 7. The van der Waals surface area contributed by atoms with E-state index in [4.69, 9.17) is 0 Å². The zero-order valence-corrected chi connectivity index (χ0v) is 15.4.